The highest BCUT2D eigenvalue weighted by Crippen LogP contribution is 2.48. The number of allylic oxidation sites excluding steroid dienone is 2. The maximum atomic E-state index is 12.6. The molecule has 120 valence electrons. The minimum Gasteiger partial charge on any atom is -0.481 e. The molecule has 1 saturated carbocycles. The van der Waals surface area contributed by atoms with Crippen LogP contribution in [0.15, 0.2) is 36.4 Å². The lowest BCUT2D eigenvalue weighted by Gasteiger charge is -2.24. The van der Waals surface area contributed by atoms with Crippen molar-refractivity contribution in [1.29, 1.82) is 0 Å². The van der Waals surface area contributed by atoms with Gasteiger partial charge in [-0.3, -0.25) is 9.59 Å². The van der Waals surface area contributed by atoms with Crippen molar-refractivity contribution < 1.29 is 24.2 Å². The predicted octanol–water partition coefficient (Wildman–Crippen LogP) is 1.93. The number of carboxylic acids is 1. The van der Waals surface area contributed by atoms with E-state index in [9.17, 15) is 19.5 Å². The van der Waals surface area contributed by atoms with Crippen molar-refractivity contribution in [2.45, 2.75) is 6.42 Å². The molecule has 1 amide bonds. The van der Waals surface area contributed by atoms with Gasteiger partial charge in [-0.05, 0) is 30.4 Å². The molecule has 6 nitrogen and oxygen atoms in total. The van der Waals surface area contributed by atoms with E-state index in [0.717, 1.165) is 0 Å². The molecule has 0 spiro atoms. The quantitative estimate of drug-likeness (QED) is 0.654. The Kier molecular flexibility index (Phi) is 3.90. The third-order valence-corrected chi connectivity index (χ3v) is 4.64. The van der Waals surface area contributed by atoms with Crippen LogP contribution >= 0.6 is 0 Å². The molecule has 0 heterocycles. The minimum atomic E-state index is -0.955. The third-order valence-electron chi connectivity index (χ3n) is 4.64. The molecule has 2 N–H and O–H groups in total. The van der Waals surface area contributed by atoms with Gasteiger partial charge >= 0.3 is 11.9 Å². The number of fused-ring (bicyclic) bond motifs is 2. The van der Waals surface area contributed by atoms with Crippen molar-refractivity contribution in [2.75, 3.05) is 12.4 Å². The number of methoxy groups -OCH3 is 1. The Labute approximate surface area is 133 Å². The molecule has 1 aromatic carbocycles. The fourth-order valence-electron chi connectivity index (χ4n) is 3.61. The number of nitrogens with one attached hydrogen (secondary N) is 1. The van der Waals surface area contributed by atoms with Crippen molar-refractivity contribution in [3.63, 3.8) is 0 Å². The number of hydrogen-bond acceptors (Lipinski definition) is 4. The van der Waals surface area contributed by atoms with Gasteiger partial charge in [0.2, 0.25) is 5.91 Å². The average molecular weight is 315 g/mol. The Morgan fingerprint density at radius 2 is 1.78 bits per heavy atom. The first kappa shape index (κ1) is 15.3. The Hall–Kier alpha value is -2.63. The summed E-state index contributed by atoms with van der Waals surface area (Å²) in [5, 5.41) is 12.1. The Morgan fingerprint density at radius 3 is 2.43 bits per heavy atom. The topological polar surface area (TPSA) is 92.7 Å². The number of carboxylic acid groups (broad SMARTS) is 1. The van der Waals surface area contributed by atoms with Crippen molar-refractivity contribution >= 4 is 23.5 Å². The molecule has 23 heavy (non-hydrogen) atoms. The van der Waals surface area contributed by atoms with E-state index in [4.69, 9.17) is 4.74 Å². The molecule has 4 atom stereocenters. The largest absolute Gasteiger partial charge is 0.481 e. The maximum absolute atomic E-state index is 12.6. The number of anilines is 1. The highest BCUT2D eigenvalue weighted by atomic mass is 16.5. The molecule has 2 aliphatic rings. The van der Waals surface area contributed by atoms with Crippen molar-refractivity contribution in [3.05, 3.63) is 42.0 Å². The molecule has 0 radical (unpaired) electrons. The van der Waals surface area contributed by atoms with Crippen LogP contribution < -0.4 is 5.32 Å². The molecule has 2 aliphatic carbocycles. The zero-order valence-corrected chi connectivity index (χ0v) is 12.6. The lowest BCUT2D eigenvalue weighted by Crippen LogP contribution is -2.36. The molecule has 0 aromatic heterocycles. The molecule has 1 aromatic rings. The zero-order chi connectivity index (χ0) is 16.6. The molecule has 6 heteroatoms. The second-order valence-electron chi connectivity index (χ2n) is 5.86. The highest BCUT2D eigenvalue weighted by molar-refractivity contribution is 6.03. The summed E-state index contributed by atoms with van der Waals surface area (Å²) in [4.78, 5) is 35.9. The van der Waals surface area contributed by atoms with Gasteiger partial charge in [0.1, 0.15) is 0 Å². The summed E-state index contributed by atoms with van der Waals surface area (Å²) in [5.41, 5.74) is 0.578. The summed E-state index contributed by atoms with van der Waals surface area (Å²) in [6.07, 6.45) is 4.49. The molecule has 3 rings (SSSR count). The van der Waals surface area contributed by atoms with E-state index in [1.54, 1.807) is 24.3 Å². The van der Waals surface area contributed by atoms with Crippen LogP contribution in [-0.4, -0.2) is 30.1 Å². The van der Waals surface area contributed by atoms with E-state index in [1.165, 1.54) is 7.11 Å². The molecule has 0 unspecified atom stereocenters. The van der Waals surface area contributed by atoms with Crippen molar-refractivity contribution in [2.24, 2.45) is 23.7 Å². The average Bonchev–Trinajstić information content (AvgIpc) is 3.15. The minimum absolute atomic E-state index is 0.0635. The van der Waals surface area contributed by atoms with E-state index in [0.29, 0.717) is 12.1 Å². The van der Waals surface area contributed by atoms with Crippen molar-refractivity contribution in [3.8, 4) is 0 Å². The van der Waals surface area contributed by atoms with E-state index in [2.05, 4.69) is 5.32 Å². The second kappa shape index (κ2) is 5.87. The molecule has 2 bridgehead atoms. The van der Waals surface area contributed by atoms with Crippen LogP contribution in [0.1, 0.15) is 16.8 Å². The lowest BCUT2D eigenvalue weighted by atomic mass is 9.82. The second-order valence-corrected chi connectivity index (χ2v) is 5.86. The first-order valence-electron chi connectivity index (χ1n) is 7.42. The normalized spacial score (nSPS) is 27.7. The smallest absolute Gasteiger partial charge is 0.339 e. The number of benzene rings is 1. The van der Waals surface area contributed by atoms with Gasteiger partial charge in [-0.25, -0.2) is 4.79 Å². The fraction of sp³-hybridized carbons (Fsp3) is 0.353. The van der Waals surface area contributed by atoms with Gasteiger partial charge in [0, 0.05) is 0 Å². The summed E-state index contributed by atoms with van der Waals surface area (Å²) < 4.78 is 4.70. The van der Waals surface area contributed by atoms with Gasteiger partial charge in [-0.1, -0.05) is 24.3 Å². The summed E-state index contributed by atoms with van der Waals surface area (Å²) in [5.74, 6) is -3.36. The van der Waals surface area contributed by atoms with Crippen molar-refractivity contribution in [1.82, 2.24) is 0 Å². The lowest BCUT2D eigenvalue weighted by molar-refractivity contribution is -0.146. The highest BCUT2D eigenvalue weighted by Gasteiger charge is 2.51. The first-order valence-corrected chi connectivity index (χ1v) is 7.42. The van der Waals surface area contributed by atoms with Crippen LogP contribution in [0.5, 0.6) is 0 Å². The maximum Gasteiger partial charge on any atom is 0.339 e. The number of ether oxygens (including phenoxy) is 1. The van der Waals surface area contributed by atoms with Gasteiger partial charge in [0.15, 0.2) is 0 Å². The number of carbonyl (C=O) groups is 3. The summed E-state index contributed by atoms with van der Waals surface area (Å²) in [6.45, 7) is 0. The third kappa shape index (κ3) is 2.60. The Bertz CT molecular complexity index is 696. The molecule has 0 aliphatic heterocycles. The number of hydrogen-bond donors (Lipinski definition) is 2. The summed E-state index contributed by atoms with van der Waals surface area (Å²) >= 11 is 0. The van der Waals surface area contributed by atoms with Crippen LogP contribution in [0.4, 0.5) is 5.69 Å². The summed E-state index contributed by atoms with van der Waals surface area (Å²) in [7, 11) is 1.27. The first-order chi connectivity index (χ1) is 11.0. The summed E-state index contributed by atoms with van der Waals surface area (Å²) in [6, 6.07) is 6.51. The van der Waals surface area contributed by atoms with Gasteiger partial charge in [0.25, 0.3) is 0 Å². The molecular weight excluding hydrogens is 298 g/mol. The van der Waals surface area contributed by atoms with Crippen LogP contribution in [0.3, 0.4) is 0 Å². The number of aliphatic carboxylic acids is 1. The number of esters is 1. The fourth-order valence-corrected chi connectivity index (χ4v) is 3.61. The monoisotopic (exact) mass is 315 g/mol. The molecular formula is C17H17NO5. The van der Waals surface area contributed by atoms with E-state index >= 15 is 0 Å². The van der Waals surface area contributed by atoms with Gasteiger partial charge in [-0.15, -0.1) is 0 Å². The van der Waals surface area contributed by atoms with Gasteiger partial charge in [0.05, 0.1) is 30.2 Å². The van der Waals surface area contributed by atoms with Gasteiger partial charge < -0.3 is 15.2 Å². The van der Waals surface area contributed by atoms with Crippen LogP contribution in [0, 0.1) is 23.7 Å². The number of amides is 1. The Balaban J connectivity index is 1.84. The van der Waals surface area contributed by atoms with Crippen LogP contribution in [0.25, 0.3) is 0 Å². The number of rotatable bonds is 4. The Morgan fingerprint density at radius 1 is 1.13 bits per heavy atom. The van der Waals surface area contributed by atoms with Crippen LogP contribution in [-0.2, 0) is 14.3 Å². The van der Waals surface area contributed by atoms with E-state index < -0.39 is 23.8 Å². The standard InChI is InChI=1S/C17H17NO5/c1-23-17(22)11-4-2-3-5-12(11)18-15(19)13-9-6-7-10(8-9)14(13)16(20)21/h2-7,9-10,13-14H,8H2,1H3,(H,18,19)(H,20,21)/t9-,10-,13+,14-/m0/s1. The molecule has 0 saturated heterocycles. The molecule has 1 fully saturated rings. The van der Waals surface area contributed by atoms with E-state index in [-0.39, 0.29) is 23.3 Å². The predicted molar refractivity (Wildman–Crippen MR) is 81.8 cm³/mol. The van der Waals surface area contributed by atoms with E-state index in [1.807, 2.05) is 12.2 Å². The zero-order valence-electron chi connectivity index (χ0n) is 12.6. The van der Waals surface area contributed by atoms with Crippen LogP contribution in [0.2, 0.25) is 0 Å². The number of para-hydroxylation sites is 1. The van der Waals surface area contributed by atoms with Gasteiger partial charge in [-0.2, -0.15) is 0 Å². The SMILES string of the molecule is COC(=O)c1ccccc1NC(=O)[C@H]1[C@@H](C(=O)O)[C@H]2C=C[C@H]1C2. The number of carbonyl (C=O) groups excluding carboxylic acids is 2.